The molecular formula is C17H22N6O2. The summed E-state index contributed by atoms with van der Waals surface area (Å²) in [5, 5.41) is 6.92. The molecule has 2 aromatic rings. The molecule has 1 amide bonds. The zero-order valence-corrected chi connectivity index (χ0v) is 14.7. The van der Waals surface area contributed by atoms with E-state index in [0.29, 0.717) is 30.6 Å². The first-order valence-electron chi connectivity index (χ1n) is 8.65. The van der Waals surface area contributed by atoms with Gasteiger partial charge in [-0.05, 0) is 33.1 Å². The summed E-state index contributed by atoms with van der Waals surface area (Å²) >= 11 is 0. The summed E-state index contributed by atoms with van der Waals surface area (Å²) in [6.07, 6.45) is 3.02. The van der Waals surface area contributed by atoms with E-state index in [1.807, 2.05) is 13.0 Å². The summed E-state index contributed by atoms with van der Waals surface area (Å²) in [6, 6.07) is 1.99. The summed E-state index contributed by atoms with van der Waals surface area (Å²) in [5.41, 5.74) is 0.295. The van der Waals surface area contributed by atoms with Gasteiger partial charge < -0.3 is 14.7 Å². The number of carbonyl (C=O) groups excluding carboxylic acids is 1. The number of rotatable bonds is 4. The van der Waals surface area contributed by atoms with Crippen LogP contribution in [0.25, 0.3) is 0 Å². The molecule has 0 spiro atoms. The summed E-state index contributed by atoms with van der Waals surface area (Å²) in [5.74, 6) is 3.23. The van der Waals surface area contributed by atoms with Gasteiger partial charge in [-0.25, -0.2) is 9.97 Å². The molecule has 2 aliphatic rings. The second-order valence-corrected chi connectivity index (χ2v) is 7.08. The topological polar surface area (TPSA) is 97.0 Å². The Morgan fingerprint density at radius 3 is 2.76 bits per heavy atom. The number of nitrogens with one attached hydrogen (secondary N) is 1. The lowest BCUT2D eigenvalue weighted by Gasteiger charge is -2.26. The van der Waals surface area contributed by atoms with Crippen LogP contribution in [0.3, 0.4) is 0 Å². The molecule has 0 radical (unpaired) electrons. The van der Waals surface area contributed by atoms with Crippen molar-refractivity contribution in [2.75, 3.05) is 18.0 Å². The predicted octanol–water partition coefficient (Wildman–Crippen LogP) is 1.60. The molecule has 25 heavy (non-hydrogen) atoms. The molecule has 0 bridgehead atoms. The Morgan fingerprint density at radius 1 is 1.32 bits per heavy atom. The number of hydrogen-bond acceptors (Lipinski definition) is 7. The first-order chi connectivity index (χ1) is 11.9. The van der Waals surface area contributed by atoms with Crippen molar-refractivity contribution in [2.24, 2.45) is 0 Å². The van der Waals surface area contributed by atoms with Crippen molar-refractivity contribution in [3.63, 3.8) is 0 Å². The molecule has 2 fully saturated rings. The van der Waals surface area contributed by atoms with Crippen LogP contribution in [-0.4, -0.2) is 39.1 Å². The highest BCUT2D eigenvalue weighted by Crippen LogP contribution is 2.39. The Bertz CT molecular complexity index is 815. The number of aromatic nitrogens is 4. The third kappa shape index (κ3) is 3.08. The summed E-state index contributed by atoms with van der Waals surface area (Å²) in [6.45, 7) is 6.58. The van der Waals surface area contributed by atoms with E-state index in [0.717, 1.165) is 23.9 Å². The molecule has 3 heterocycles. The molecule has 8 heteroatoms. The predicted molar refractivity (Wildman–Crippen MR) is 90.1 cm³/mol. The van der Waals surface area contributed by atoms with Crippen molar-refractivity contribution >= 4 is 11.7 Å². The Kier molecular flexibility index (Phi) is 3.70. The van der Waals surface area contributed by atoms with E-state index in [1.54, 1.807) is 6.92 Å². The van der Waals surface area contributed by atoms with Gasteiger partial charge in [-0.15, -0.1) is 0 Å². The van der Waals surface area contributed by atoms with Crippen molar-refractivity contribution < 1.29 is 9.32 Å². The molecule has 8 nitrogen and oxygen atoms in total. The van der Waals surface area contributed by atoms with E-state index in [2.05, 4.69) is 25.3 Å². The van der Waals surface area contributed by atoms with Crippen LogP contribution < -0.4 is 10.2 Å². The lowest BCUT2D eigenvalue weighted by atomic mass is 9.98. The maximum atomic E-state index is 11.8. The normalized spacial score (nSPS) is 23.1. The van der Waals surface area contributed by atoms with Crippen LogP contribution in [0, 0.1) is 13.8 Å². The lowest BCUT2D eigenvalue weighted by Crippen LogP contribution is -2.47. The molecule has 4 rings (SSSR count). The molecule has 2 aromatic heterocycles. The smallest absolute Gasteiger partial charge is 0.254 e. The fourth-order valence-electron chi connectivity index (χ4n) is 3.42. The van der Waals surface area contributed by atoms with Crippen LogP contribution >= 0.6 is 0 Å². The Balaban J connectivity index is 1.64. The second kappa shape index (κ2) is 5.79. The Labute approximate surface area is 146 Å². The van der Waals surface area contributed by atoms with Crippen LogP contribution in [0.1, 0.15) is 55.3 Å². The van der Waals surface area contributed by atoms with Gasteiger partial charge in [0.2, 0.25) is 5.91 Å². The average Bonchev–Trinajstić information content (AvgIpc) is 3.17. The monoisotopic (exact) mass is 342 g/mol. The highest BCUT2D eigenvalue weighted by Gasteiger charge is 2.45. The van der Waals surface area contributed by atoms with Crippen LogP contribution in [0.4, 0.5) is 5.82 Å². The first-order valence-corrected chi connectivity index (χ1v) is 8.65. The van der Waals surface area contributed by atoms with E-state index in [1.165, 1.54) is 19.8 Å². The number of aryl methyl sites for hydroxylation is 2. The fraction of sp³-hybridized carbons (Fsp3) is 0.588. The average molecular weight is 342 g/mol. The van der Waals surface area contributed by atoms with Crippen LogP contribution in [-0.2, 0) is 10.3 Å². The van der Waals surface area contributed by atoms with E-state index in [4.69, 9.17) is 9.51 Å². The van der Waals surface area contributed by atoms with Gasteiger partial charge >= 0.3 is 0 Å². The summed E-state index contributed by atoms with van der Waals surface area (Å²) < 4.78 is 5.40. The van der Waals surface area contributed by atoms with Gasteiger partial charge in [0.25, 0.3) is 5.89 Å². The molecule has 1 aliphatic heterocycles. The molecule has 1 aliphatic carbocycles. The first kappa shape index (κ1) is 16.0. The number of anilines is 1. The molecule has 1 saturated carbocycles. The maximum Gasteiger partial charge on any atom is 0.254 e. The molecule has 1 atom stereocenters. The standard InChI is InChI=1S/C17H22N6O2/c1-10-8-14(20-15(18-10)13-4-5-13)23-7-6-17(9-23,21-12(3)24)16-19-11(2)22-25-16/h8,13H,4-7,9H2,1-3H3,(H,21,24). The third-order valence-corrected chi connectivity index (χ3v) is 4.75. The third-order valence-electron chi connectivity index (χ3n) is 4.75. The van der Waals surface area contributed by atoms with Crippen LogP contribution in [0.2, 0.25) is 0 Å². The zero-order chi connectivity index (χ0) is 17.6. The Morgan fingerprint density at radius 2 is 2.12 bits per heavy atom. The van der Waals surface area contributed by atoms with Crippen molar-refractivity contribution in [1.29, 1.82) is 0 Å². The minimum atomic E-state index is -0.675. The van der Waals surface area contributed by atoms with Gasteiger partial charge in [-0.2, -0.15) is 4.98 Å². The number of nitrogens with zero attached hydrogens (tertiary/aromatic N) is 5. The maximum absolute atomic E-state index is 11.8. The van der Waals surface area contributed by atoms with Gasteiger partial charge in [0.05, 0.1) is 6.54 Å². The lowest BCUT2D eigenvalue weighted by molar-refractivity contribution is -0.121. The fourth-order valence-corrected chi connectivity index (χ4v) is 3.42. The van der Waals surface area contributed by atoms with Crippen molar-refractivity contribution in [2.45, 2.75) is 51.5 Å². The molecule has 1 N–H and O–H groups in total. The molecule has 1 saturated heterocycles. The largest absolute Gasteiger partial charge is 0.353 e. The van der Waals surface area contributed by atoms with Crippen molar-refractivity contribution in [3.05, 3.63) is 29.3 Å². The minimum Gasteiger partial charge on any atom is -0.353 e. The highest BCUT2D eigenvalue weighted by molar-refractivity contribution is 5.74. The van der Waals surface area contributed by atoms with Crippen LogP contribution in [0.15, 0.2) is 10.6 Å². The molecule has 1 unspecified atom stereocenters. The van der Waals surface area contributed by atoms with Gasteiger partial charge in [-0.3, -0.25) is 4.79 Å². The summed E-state index contributed by atoms with van der Waals surface area (Å²) in [4.78, 5) is 27.6. The van der Waals surface area contributed by atoms with Crippen molar-refractivity contribution in [1.82, 2.24) is 25.4 Å². The molecule has 0 aromatic carbocycles. The van der Waals surface area contributed by atoms with Gasteiger partial charge in [0, 0.05) is 31.1 Å². The second-order valence-electron chi connectivity index (χ2n) is 7.08. The molecule has 132 valence electrons. The van der Waals surface area contributed by atoms with Gasteiger partial charge in [0.15, 0.2) is 5.82 Å². The molecular weight excluding hydrogens is 320 g/mol. The van der Waals surface area contributed by atoms with Gasteiger partial charge in [-0.1, -0.05) is 5.16 Å². The SMILES string of the molecule is CC(=O)NC1(c2nc(C)no2)CCN(c2cc(C)nc(C3CC3)n2)C1. The summed E-state index contributed by atoms with van der Waals surface area (Å²) in [7, 11) is 0. The van der Waals surface area contributed by atoms with Crippen molar-refractivity contribution in [3.8, 4) is 0 Å². The number of hydrogen-bond donors (Lipinski definition) is 1. The van der Waals surface area contributed by atoms with Gasteiger partial charge in [0.1, 0.15) is 17.2 Å². The number of amides is 1. The van der Waals surface area contributed by atoms with Crippen LogP contribution in [0.5, 0.6) is 0 Å². The van der Waals surface area contributed by atoms with E-state index >= 15 is 0 Å². The zero-order valence-electron chi connectivity index (χ0n) is 14.7. The highest BCUT2D eigenvalue weighted by atomic mass is 16.5. The number of carbonyl (C=O) groups is 1. The van der Waals surface area contributed by atoms with E-state index in [9.17, 15) is 4.79 Å². The Hall–Kier alpha value is -2.51. The van der Waals surface area contributed by atoms with E-state index < -0.39 is 5.54 Å². The van der Waals surface area contributed by atoms with E-state index in [-0.39, 0.29) is 5.91 Å². The minimum absolute atomic E-state index is 0.116. The quantitative estimate of drug-likeness (QED) is 0.901.